The van der Waals surface area contributed by atoms with E-state index in [1.165, 1.54) is 12.1 Å². The second-order valence-corrected chi connectivity index (χ2v) is 3.07. The second kappa shape index (κ2) is 3.99. The summed E-state index contributed by atoms with van der Waals surface area (Å²) in [6.07, 6.45) is 1.12. The summed E-state index contributed by atoms with van der Waals surface area (Å²) in [5.74, 6) is 0. The predicted octanol–water partition coefficient (Wildman–Crippen LogP) is 2.17. The molecule has 0 atom stereocenters. The molecule has 0 radical (unpaired) electrons. The van der Waals surface area contributed by atoms with Gasteiger partial charge in [-0.2, -0.15) is 0 Å². The highest BCUT2D eigenvalue weighted by Crippen LogP contribution is 2.24. The second-order valence-electron chi connectivity index (χ2n) is 2.21. The molecule has 6 heteroatoms. The first kappa shape index (κ1) is 9.66. The molecule has 1 N–H and O–H groups in total. The maximum absolute atomic E-state index is 10.4. The molecule has 0 amide bonds. The Bertz CT molecular complexity index is 365. The Morgan fingerprint density at radius 2 is 2.31 bits per heavy atom. The number of hydrogen-bond donors (Lipinski definition) is 1. The number of nitrogens with zero attached hydrogens (tertiary/aromatic N) is 2. The topological polar surface area (TPSA) is 75.7 Å². The van der Waals surface area contributed by atoms with Gasteiger partial charge >= 0.3 is 0 Å². The van der Waals surface area contributed by atoms with Crippen molar-refractivity contribution in [2.75, 3.05) is 0 Å². The van der Waals surface area contributed by atoms with Crippen molar-refractivity contribution in [3.63, 3.8) is 0 Å². The van der Waals surface area contributed by atoms with E-state index in [2.05, 4.69) is 21.1 Å². The van der Waals surface area contributed by atoms with E-state index in [1.54, 1.807) is 6.07 Å². The van der Waals surface area contributed by atoms with Crippen LogP contribution in [0, 0.1) is 10.1 Å². The van der Waals surface area contributed by atoms with Gasteiger partial charge in [0.15, 0.2) is 0 Å². The summed E-state index contributed by atoms with van der Waals surface area (Å²) in [6, 6.07) is 4.43. The maximum Gasteiger partial charge on any atom is 0.284 e. The Morgan fingerprint density at radius 3 is 2.85 bits per heavy atom. The third kappa shape index (κ3) is 2.25. The molecule has 0 fully saturated rings. The van der Waals surface area contributed by atoms with Gasteiger partial charge in [0.2, 0.25) is 0 Å². The van der Waals surface area contributed by atoms with Gasteiger partial charge in [0.1, 0.15) is 0 Å². The van der Waals surface area contributed by atoms with E-state index >= 15 is 0 Å². The van der Waals surface area contributed by atoms with Gasteiger partial charge in [0.05, 0.1) is 15.6 Å². The average Bonchev–Trinajstić information content (AvgIpc) is 2.08. The maximum atomic E-state index is 10.4. The van der Waals surface area contributed by atoms with Crippen molar-refractivity contribution < 1.29 is 10.1 Å². The molecular weight excluding hydrogens is 240 g/mol. The van der Waals surface area contributed by atoms with Crippen LogP contribution in [0.5, 0.6) is 0 Å². The van der Waals surface area contributed by atoms with Crippen LogP contribution in [0.2, 0.25) is 0 Å². The van der Waals surface area contributed by atoms with E-state index in [9.17, 15) is 10.1 Å². The molecule has 1 aromatic rings. The van der Waals surface area contributed by atoms with Gasteiger partial charge in [-0.25, -0.2) is 0 Å². The van der Waals surface area contributed by atoms with Crippen LogP contribution < -0.4 is 0 Å². The Balaban J connectivity index is 3.18. The Kier molecular flexibility index (Phi) is 2.97. The van der Waals surface area contributed by atoms with Crippen LogP contribution in [-0.4, -0.2) is 16.3 Å². The van der Waals surface area contributed by atoms with Gasteiger partial charge in [-0.3, -0.25) is 10.1 Å². The van der Waals surface area contributed by atoms with Crippen molar-refractivity contribution in [2.45, 2.75) is 0 Å². The lowest BCUT2D eigenvalue weighted by molar-refractivity contribution is -0.385. The quantitative estimate of drug-likeness (QED) is 0.375. The lowest BCUT2D eigenvalue weighted by Crippen LogP contribution is -1.91. The number of halogens is 1. The Labute approximate surface area is 82.0 Å². The molecule has 1 rings (SSSR count). The van der Waals surface area contributed by atoms with Gasteiger partial charge in [-0.15, -0.1) is 0 Å². The van der Waals surface area contributed by atoms with Crippen molar-refractivity contribution in [1.82, 2.24) is 0 Å². The number of oxime groups is 1. The van der Waals surface area contributed by atoms with Gasteiger partial charge in [0, 0.05) is 11.6 Å². The van der Waals surface area contributed by atoms with E-state index in [1.807, 2.05) is 0 Å². The summed E-state index contributed by atoms with van der Waals surface area (Å²) in [5, 5.41) is 21.4. The number of nitro groups is 1. The highest BCUT2D eigenvalue weighted by molar-refractivity contribution is 9.10. The molecular formula is C7H5BrN2O3. The molecule has 0 bridgehead atoms. The van der Waals surface area contributed by atoms with Crippen molar-refractivity contribution >= 4 is 27.8 Å². The SMILES string of the molecule is O=[N+]([O-])c1cc(/C=N\O)ccc1Br. The highest BCUT2D eigenvalue weighted by Gasteiger charge is 2.11. The number of nitro benzene ring substituents is 1. The van der Waals surface area contributed by atoms with Gasteiger partial charge in [-0.05, 0) is 22.0 Å². The molecule has 0 heterocycles. The van der Waals surface area contributed by atoms with Gasteiger partial charge in [0.25, 0.3) is 5.69 Å². The molecule has 0 aliphatic rings. The van der Waals surface area contributed by atoms with Crippen LogP contribution >= 0.6 is 15.9 Å². The molecule has 68 valence electrons. The molecule has 0 aromatic heterocycles. The molecule has 13 heavy (non-hydrogen) atoms. The normalized spacial score (nSPS) is 10.5. The number of rotatable bonds is 2. The zero-order valence-corrected chi connectivity index (χ0v) is 7.93. The predicted molar refractivity (Wildman–Crippen MR) is 50.2 cm³/mol. The van der Waals surface area contributed by atoms with Crippen LogP contribution in [0.3, 0.4) is 0 Å². The van der Waals surface area contributed by atoms with E-state index < -0.39 is 4.92 Å². The molecule has 0 saturated carbocycles. The number of benzene rings is 1. The van der Waals surface area contributed by atoms with Crippen LogP contribution in [0.15, 0.2) is 27.8 Å². The van der Waals surface area contributed by atoms with Crippen LogP contribution in [-0.2, 0) is 0 Å². The van der Waals surface area contributed by atoms with E-state index in [0.29, 0.717) is 10.0 Å². The van der Waals surface area contributed by atoms with Crippen LogP contribution in [0.25, 0.3) is 0 Å². The third-order valence-corrected chi connectivity index (χ3v) is 2.04. The fourth-order valence-corrected chi connectivity index (χ4v) is 1.21. The van der Waals surface area contributed by atoms with Gasteiger partial charge < -0.3 is 5.21 Å². The van der Waals surface area contributed by atoms with Crippen molar-refractivity contribution in [2.24, 2.45) is 5.16 Å². The highest BCUT2D eigenvalue weighted by atomic mass is 79.9. The molecule has 1 aromatic carbocycles. The monoisotopic (exact) mass is 244 g/mol. The van der Waals surface area contributed by atoms with E-state index in [-0.39, 0.29) is 5.69 Å². The largest absolute Gasteiger partial charge is 0.411 e. The average molecular weight is 245 g/mol. The standard InChI is InChI=1S/C7H5BrN2O3/c8-6-2-1-5(4-9-11)3-7(6)10(12)13/h1-4,11H/b9-4-. The summed E-state index contributed by atoms with van der Waals surface area (Å²) < 4.78 is 0.396. The zero-order valence-electron chi connectivity index (χ0n) is 6.35. The minimum absolute atomic E-state index is 0.0580. The Hall–Kier alpha value is -1.43. The summed E-state index contributed by atoms with van der Waals surface area (Å²) in [7, 11) is 0. The molecule has 0 spiro atoms. The molecule has 0 saturated heterocycles. The molecule has 0 aliphatic carbocycles. The van der Waals surface area contributed by atoms with E-state index in [0.717, 1.165) is 6.21 Å². The zero-order chi connectivity index (χ0) is 9.84. The molecule has 5 nitrogen and oxygen atoms in total. The van der Waals surface area contributed by atoms with E-state index in [4.69, 9.17) is 5.21 Å². The van der Waals surface area contributed by atoms with Crippen molar-refractivity contribution in [1.29, 1.82) is 0 Å². The first-order valence-corrected chi connectivity index (χ1v) is 4.06. The van der Waals surface area contributed by atoms with Crippen molar-refractivity contribution in [3.05, 3.63) is 38.3 Å². The van der Waals surface area contributed by atoms with Crippen LogP contribution in [0.4, 0.5) is 5.69 Å². The molecule has 0 aliphatic heterocycles. The Morgan fingerprint density at radius 1 is 1.62 bits per heavy atom. The smallest absolute Gasteiger partial charge is 0.284 e. The summed E-state index contributed by atoms with van der Waals surface area (Å²) in [6.45, 7) is 0. The minimum atomic E-state index is -0.515. The fraction of sp³-hybridized carbons (Fsp3) is 0. The lowest BCUT2D eigenvalue weighted by atomic mass is 10.2. The first-order valence-electron chi connectivity index (χ1n) is 3.26. The summed E-state index contributed by atoms with van der Waals surface area (Å²) >= 11 is 3.03. The first-order chi connectivity index (χ1) is 6.15. The van der Waals surface area contributed by atoms with Gasteiger partial charge in [-0.1, -0.05) is 11.2 Å². The molecule has 0 unspecified atom stereocenters. The fourth-order valence-electron chi connectivity index (χ4n) is 0.817. The third-order valence-electron chi connectivity index (χ3n) is 1.37. The van der Waals surface area contributed by atoms with Crippen LogP contribution in [0.1, 0.15) is 5.56 Å². The lowest BCUT2D eigenvalue weighted by Gasteiger charge is -1.95. The minimum Gasteiger partial charge on any atom is -0.411 e. The number of hydrogen-bond acceptors (Lipinski definition) is 4. The summed E-state index contributed by atoms with van der Waals surface area (Å²) in [4.78, 5) is 9.93. The summed E-state index contributed by atoms with van der Waals surface area (Å²) in [5.41, 5.74) is 0.412. The van der Waals surface area contributed by atoms with Crippen molar-refractivity contribution in [3.8, 4) is 0 Å².